The molecule has 0 atom stereocenters. The molecule has 4 fully saturated rings. The van der Waals surface area contributed by atoms with E-state index in [0.717, 1.165) is 34.2 Å². The summed E-state index contributed by atoms with van der Waals surface area (Å²) >= 11 is 0. The van der Waals surface area contributed by atoms with E-state index in [4.69, 9.17) is 0 Å². The Bertz CT molecular complexity index is 911. The molecule has 0 saturated heterocycles. The average Bonchev–Trinajstić information content (AvgIpc) is 2.64. The number of nitrogens with one attached hydrogen (secondary N) is 1. The molecule has 4 heteroatoms. The van der Waals surface area contributed by atoms with Crippen LogP contribution in [-0.2, 0) is 0 Å². The Labute approximate surface area is 159 Å². The van der Waals surface area contributed by atoms with Gasteiger partial charge in [0.1, 0.15) is 5.75 Å². The summed E-state index contributed by atoms with van der Waals surface area (Å²) in [6.45, 7) is 2.08. The first kappa shape index (κ1) is 16.8. The largest absolute Gasteiger partial charge is 0.507 e. The molecule has 2 aromatic carbocycles. The Kier molecular flexibility index (Phi) is 3.78. The molecule has 0 unspecified atom stereocenters. The summed E-state index contributed by atoms with van der Waals surface area (Å²) in [6.07, 6.45) is 7.86. The molecule has 0 spiro atoms. The van der Waals surface area contributed by atoms with Crippen molar-refractivity contribution >= 4 is 22.4 Å². The molecule has 6 rings (SSSR count). The van der Waals surface area contributed by atoms with Crippen molar-refractivity contribution in [1.82, 2.24) is 5.43 Å². The van der Waals surface area contributed by atoms with Gasteiger partial charge in [-0.05, 0) is 86.1 Å². The number of hydrogen-bond donors (Lipinski definition) is 2. The second-order valence-electron chi connectivity index (χ2n) is 9.05. The number of hydrazone groups is 1. The Morgan fingerprint density at radius 1 is 1.04 bits per heavy atom. The highest BCUT2D eigenvalue weighted by atomic mass is 16.3. The fourth-order valence-electron chi connectivity index (χ4n) is 6.28. The lowest BCUT2D eigenvalue weighted by Crippen LogP contribution is -2.49. The van der Waals surface area contributed by atoms with Crippen LogP contribution in [0.2, 0.25) is 0 Å². The molecule has 0 heterocycles. The van der Waals surface area contributed by atoms with Crippen LogP contribution in [0.5, 0.6) is 5.75 Å². The third-order valence-corrected chi connectivity index (χ3v) is 7.24. The average molecular weight is 362 g/mol. The molecule has 2 aromatic rings. The minimum atomic E-state index is -0.345. The monoisotopic (exact) mass is 362 g/mol. The number of phenols is 1. The van der Waals surface area contributed by atoms with E-state index < -0.39 is 0 Å². The number of amides is 1. The highest BCUT2D eigenvalue weighted by Crippen LogP contribution is 2.60. The van der Waals surface area contributed by atoms with Crippen LogP contribution < -0.4 is 5.43 Å². The molecular weight excluding hydrogens is 336 g/mol. The number of rotatable bonds is 3. The fraction of sp³-hybridized carbons (Fsp3) is 0.478. The summed E-state index contributed by atoms with van der Waals surface area (Å²) in [6, 6.07) is 11.1. The first-order valence-electron chi connectivity index (χ1n) is 10.1. The Morgan fingerprint density at radius 3 is 2.19 bits per heavy atom. The number of fused-ring (bicyclic) bond motifs is 1. The van der Waals surface area contributed by atoms with Crippen LogP contribution in [0.15, 0.2) is 41.5 Å². The van der Waals surface area contributed by atoms with Crippen LogP contribution in [-0.4, -0.2) is 16.7 Å². The van der Waals surface area contributed by atoms with Crippen molar-refractivity contribution in [1.29, 1.82) is 0 Å². The molecule has 4 saturated carbocycles. The molecule has 140 valence electrons. The van der Waals surface area contributed by atoms with Gasteiger partial charge < -0.3 is 5.11 Å². The molecule has 0 aliphatic heterocycles. The maximum absolute atomic E-state index is 12.7. The lowest BCUT2D eigenvalue weighted by atomic mass is 9.48. The lowest BCUT2D eigenvalue weighted by molar-refractivity contribution is -0.0128. The highest BCUT2D eigenvalue weighted by Gasteiger charge is 2.52. The zero-order chi connectivity index (χ0) is 18.6. The number of aromatic hydroxyl groups is 1. The third kappa shape index (κ3) is 2.82. The van der Waals surface area contributed by atoms with Crippen molar-refractivity contribution in [2.24, 2.45) is 28.3 Å². The molecule has 4 aliphatic rings. The van der Waals surface area contributed by atoms with Crippen LogP contribution >= 0.6 is 0 Å². The molecule has 4 aliphatic carbocycles. The molecule has 27 heavy (non-hydrogen) atoms. The topological polar surface area (TPSA) is 61.7 Å². The number of phenolic OH excluding ortho intramolecular Hbond substituents is 1. The van der Waals surface area contributed by atoms with Crippen LogP contribution in [0.1, 0.15) is 55.8 Å². The summed E-state index contributed by atoms with van der Waals surface area (Å²) < 4.78 is 0. The Morgan fingerprint density at radius 2 is 1.59 bits per heavy atom. The Hall–Kier alpha value is -2.36. The normalized spacial score (nSPS) is 32.0. The van der Waals surface area contributed by atoms with E-state index in [9.17, 15) is 9.90 Å². The summed E-state index contributed by atoms with van der Waals surface area (Å²) in [4.78, 5) is 12.7. The van der Waals surface area contributed by atoms with E-state index in [1.165, 1.54) is 38.5 Å². The quantitative estimate of drug-likeness (QED) is 0.604. The van der Waals surface area contributed by atoms with E-state index in [1.807, 2.05) is 24.3 Å². The summed E-state index contributed by atoms with van der Waals surface area (Å²) in [5, 5.41) is 16.6. The van der Waals surface area contributed by atoms with Gasteiger partial charge in [-0.25, -0.2) is 5.43 Å². The minimum absolute atomic E-state index is 0.00569. The molecule has 0 radical (unpaired) electrons. The maximum atomic E-state index is 12.7. The van der Waals surface area contributed by atoms with E-state index in [0.29, 0.717) is 0 Å². The van der Waals surface area contributed by atoms with Crippen molar-refractivity contribution in [3.05, 3.63) is 42.0 Å². The van der Waals surface area contributed by atoms with Gasteiger partial charge in [0, 0.05) is 11.1 Å². The smallest absolute Gasteiger partial charge is 0.275 e. The number of carbonyl (C=O) groups is 1. The first-order valence-corrected chi connectivity index (χ1v) is 10.1. The fourth-order valence-corrected chi connectivity index (χ4v) is 6.28. The number of nitrogens with zero attached hydrogens (tertiary/aromatic N) is 1. The molecule has 1 amide bonds. The number of hydrogen-bond acceptors (Lipinski definition) is 3. The summed E-state index contributed by atoms with van der Waals surface area (Å²) in [5.74, 6) is 2.20. The summed E-state index contributed by atoms with van der Waals surface area (Å²) in [5.41, 5.74) is 4.25. The molecule has 0 aromatic heterocycles. The molecule has 4 bridgehead atoms. The predicted octanol–water partition coefficient (Wildman–Crippen LogP) is 4.87. The van der Waals surface area contributed by atoms with E-state index >= 15 is 0 Å². The zero-order valence-corrected chi connectivity index (χ0v) is 15.7. The summed E-state index contributed by atoms with van der Waals surface area (Å²) in [7, 11) is 0. The van der Waals surface area contributed by atoms with Crippen molar-refractivity contribution in [3.8, 4) is 5.75 Å². The maximum Gasteiger partial charge on any atom is 0.275 e. The van der Waals surface area contributed by atoms with Crippen molar-refractivity contribution in [2.75, 3.05) is 0 Å². The van der Waals surface area contributed by atoms with Crippen LogP contribution in [0, 0.1) is 23.2 Å². The lowest BCUT2D eigenvalue weighted by Gasteiger charge is -2.56. The third-order valence-electron chi connectivity index (χ3n) is 7.24. The van der Waals surface area contributed by atoms with Gasteiger partial charge in [-0.15, -0.1) is 0 Å². The zero-order valence-electron chi connectivity index (χ0n) is 15.7. The van der Waals surface area contributed by atoms with Gasteiger partial charge in [0.2, 0.25) is 0 Å². The van der Waals surface area contributed by atoms with Gasteiger partial charge >= 0.3 is 0 Å². The van der Waals surface area contributed by atoms with Gasteiger partial charge in [0.25, 0.3) is 5.91 Å². The predicted molar refractivity (Wildman–Crippen MR) is 107 cm³/mol. The van der Waals surface area contributed by atoms with Gasteiger partial charge in [-0.1, -0.05) is 24.3 Å². The second kappa shape index (κ2) is 6.08. The molecule has 4 nitrogen and oxygen atoms in total. The minimum Gasteiger partial charge on any atom is -0.507 e. The van der Waals surface area contributed by atoms with Crippen LogP contribution in [0.25, 0.3) is 10.8 Å². The number of benzene rings is 2. The first-order chi connectivity index (χ1) is 13.0. The van der Waals surface area contributed by atoms with Crippen LogP contribution in [0.4, 0.5) is 0 Å². The highest BCUT2D eigenvalue weighted by molar-refractivity contribution is 6.02. The van der Waals surface area contributed by atoms with E-state index in [2.05, 4.69) is 17.5 Å². The molecule has 2 N–H and O–H groups in total. The second-order valence-corrected chi connectivity index (χ2v) is 9.05. The van der Waals surface area contributed by atoms with Crippen molar-refractivity contribution in [3.63, 3.8) is 0 Å². The standard InChI is InChI=1S/C23H26N2O2/c1-14(23-11-15-6-16(12-23)8-17(7-15)13-23)24-25-22(27)20-9-18-4-2-3-5-19(18)10-21(20)26/h2-5,9-10,15-17,26H,6-8,11-13H2,1H3,(H,25,27)/b24-14-. The van der Waals surface area contributed by atoms with Gasteiger partial charge in [0.15, 0.2) is 0 Å². The number of carbonyl (C=O) groups excluding carboxylic acids is 1. The molecular formula is C23H26N2O2. The van der Waals surface area contributed by atoms with Crippen molar-refractivity contribution < 1.29 is 9.90 Å². The Balaban J connectivity index is 1.38. The SMILES string of the molecule is C/C(=N/NC(=O)c1cc2ccccc2cc1O)C12CC3CC(CC(C3)C1)C2. The van der Waals surface area contributed by atoms with E-state index in [1.54, 1.807) is 12.1 Å². The van der Waals surface area contributed by atoms with Gasteiger partial charge in [-0.3, -0.25) is 4.79 Å². The van der Waals surface area contributed by atoms with Crippen molar-refractivity contribution in [2.45, 2.75) is 45.4 Å². The van der Waals surface area contributed by atoms with Crippen LogP contribution in [0.3, 0.4) is 0 Å². The van der Waals surface area contributed by atoms with Gasteiger partial charge in [0.05, 0.1) is 5.56 Å². The van der Waals surface area contributed by atoms with E-state index in [-0.39, 0.29) is 22.6 Å². The van der Waals surface area contributed by atoms with Gasteiger partial charge in [-0.2, -0.15) is 5.10 Å².